The molecule has 0 fully saturated rings. The number of amides is 2. The number of carbonyl (C=O) groups excluding carboxylic acids is 2. The Morgan fingerprint density at radius 1 is 0.906 bits per heavy atom. The second-order valence-electron chi connectivity index (χ2n) is 7.27. The molecule has 1 unspecified atom stereocenters. The maximum atomic E-state index is 13.4. The van der Waals surface area contributed by atoms with Crippen molar-refractivity contribution in [3.63, 3.8) is 0 Å². The van der Waals surface area contributed by atoms with E-state index in [0.29, 0.717) is 15.1 Å². The van der Waals surface area contributed by atoms with Crippen LogP contribution in [0.4, 0.5) is 0 Å². The van der Waals surface area contributed by atoms with Crippen molar-refractivity contribution < 1.29 is 9.59 Å². The molecule has 0 aliphatic rings. The van der Waals surface area contributed by atoms with Crippen molar-refractivity contribution in [1.82, 2.24) is 10.2 Å². The van der Waals surface area contributed by atoms with Gasteiger partial charge in [-0.15, -0.1) is 0 Å². The van der Waals surface area contributed by atoms with Crippen molar-refractivity contribution in [2.75, 3.05) is 0 Å². The summed E-state index contributed by atoms with van der Waals surface area (Å²) >= 11 is 18.2. The molecular formula is C25H23Cl3N2O2. The van der Waals surface area contributed by atoms with Crippen LogP contribution in [0.3, 0.4) is 0 Å². The highest BCUT2D eigenvalue weighted by Crippen LogP contribution is 2.26. The number of rotatable bonds is 8. The summed E-state index contributed by atoms with van der Waals surface area (Å²) in [5.74, 6) is -0.425. The Labute approximate surface area is 203 Å². The van der Waals surface area contributed by atoms with Gasteiger partial charge in [0, 0.05) is 34.6 Å². The summed E-state index contributed by atoms with van der Waals surface area (Å²) < 4.78 is 0. The van der Waals surface area contributed by atoms with Gasteiger partial charge in [0.15, 0.2) is 0 Å². The third-order valence-corrected chi connectivity index (χ3v) is 5.87. The van der Waals surface area contributed by atoms with Crippen LogP contribution in [-0.2, 0) is 22.7 Å². The van der Waals surface area contributed by atoms with Crippen molar-refractivity contribution in [3.8, 4) is 0 Å². The third-order valence-electron chi connectivity index (χ3n) is 5.03. The second kappa shape index (κ2) is 11.4. The first kappa shape index (κ1) is 24.1. The topological polar surface area (TPSA) is 49.4 Å². The fourth-order valence-corrected chi connectivity index (χ4v) is 3.97. The normalized spacial score (nSPS) is 11.6. The highest BCUT2D eigenvalue weighted by molar-refractivity contribution is 6.35. The standard InChI is InChI=1S/C25H23Cl3N2O2/c1-2-23(31)30(16-17-8-11-20(26)12-9-17)24(18-6-4-3-5-7-18)25(32)29-15-19-10-13-21(27)14-22(19)28/h3-14,24H,2,15-16H2,1H3,(H,29,32). The van der Waals surface area contributed by atoms with Crippen LogP contribution in [0.2, 0.25) is 15.1 Å². The summed E-state index contributed by atoms with van der Waals surface area (Å²) in [5.41, 5.74) is 2.34. The summed E-state index contributed by atoms with van der Waals surface area (Å²) in [7, 11) is 0. The molecule has 2 amide bonds. The van der Waals surface area contributed by atoms with Crippen molar-refractivity contribution in [3.05, 3.63) is 105 Å². The molecule has 0 radical (unpaired) electrons. The molecule has 7 heteroatoms. The van der Waals surface area contributed by atoms with Crippen LogP contribution in [0, 0.1) is 0 Å². The van der Waals surface area contributed by atoms with Crippen LogP contribution >= 0.6 is 34.8 Å². The molecule has 32 heavy (non-hydrogen) atoms. The first-order chi connectivity index (χ1) is 15.4. The number of nitrogens with one attached hydrogen (secondary N) is 1. The summed E-state index contributed by atoms with van der Waals surface area (Å²) in [5, 5.41) is 4.53. The van der Waals surface area contributed by atoms with E-state index in [1.807, 2.05) is 42.5 Å². The molecule has 3 aromatic carbocycles. The van der Waals surface area contributed by atoms with Gasteiger partial charge in [-0.25, -0.2) is 0 Å². The van der Waals surface area contributed by atoms with E-state index >= 15 is 0 Å². The summed E-state index contributed by atoms with van der Waals surface area (Å²) in [6.07, 6.45) is 0.271. The second-order valence-corrected chi connectivity index (χ2v) is 8.55. The predicted octanol–water partition coefficient (Wildman–Crippen LogP) is 6.44. The summed E-state index contributed by atoms with van der Waals surface area (Å²) in [6.45, 7) is 2.27. The van der Waals surface area contributed by atoms with E-state index in [1.165, 1.54) is 0 Å². The van der Waals surface area contributed by atoms with Crippen LogP contribution < -0.4 is 5.32 Å². The van der Waals surface area contributed by atoms with Crippen LogP contribution in [0.25, 0.3) is 0 Å². The average molecular weight is 490 g/mol. The number of nitrogens with zero attached hydrogens (tertiary/aromatic N) is 1. The Hall–Kier alpha value is -2.53. The Morgan fingerprint density at radius 3 is 2.19 bits per heavy atom. The lowest BCUT2D eigenvalue weighted by molar-refractivity contribution is -0.141. The van der Waals surface area contributed by atoms with Crippen LogP contribution in [0.5, 0.6) is 0 Å². The van der Waals surface area contributed by atoms with Crippen molar-refractivity contribution in [1.29, 1.82) is 0 Å². The predicted molar refractivity (Wildman–Crippen MR) is 130 cm³/mol. The van der Waals surface area contributed by atoms with Crippen LogP contribution in [-0.4, -0.2) is 16.7 Å². The number of hydrogen-bond acceptors (Lipinski definition) is 2. The highest BCUT2D eigenvalue weighted by Gasteiger charge is 2.30. The zero-order valence-electron chi connectivity index (χ0n) is 17.5. The van der Waals surface area contributed by atoms with Crippen molar-refractivity contribution in [2.24, 2.45) is 0 Å². The van der Waals surface area contributed by atoms with Crippen molar-refractivity contribution in [2.45, 2.75) is 32.5 Å². The maximum absolute atomic E-state index is 13.4. The zero-order chi connectivity index (χ0) is 23.1. The minimum Gasteiger partial charge on any atom is -0.350 e. The van der Waals surface area contributed by atoms with E-state index in [1.54, 1.807) is 42.2 Å². The molecule has 3 aromatic rings. The Bertz CT molecular complexity index is 1070. The summed E-state index contributed by atoms with van der Waals surface area (Å²) in [4.78, 5) is 28.0. The molecule has 0 heterocycles. The maximum Gasteiger partial charge on any atom is 0.247 e. The molecule has 1 N–H and O–H groups in total. The molecule has 0 spiro atoms. The Kier molecular flexibility index (Phi) is 8.57. The Morgan fingerprint density at radius 2 is 1.56 bits per heavy atom. The van der Waals surface area contributed by atoms with Gasteiger partial charge < -0.3 is 10.2 Å². The van der Waals surface area contributed by atoms with E-state index in [9.17, 15) is 9.59 Å². The first-order valence-electron chi connectivity index (χ1n) is 10.2. The van der Waals surface area contributed by atoms with E-state index in [2.05, 4.69) is 5.32 Å². The van der Waals surface area contributed by atoms with Crippen LogP contribution in [0.15, 0.2) is 72.8 Å². The van der Waals surface area contributed by atoms with Gasteiger partial charge in [0.2, 0.25) is 11.8 Å². The van der Waals surface area contributed by atoms with Crippen molar-refractivity contribution >= 4 is 46.6 Å². The molecule has 0 aliphatic carbocycles. The van der Waals surface area contributed by atoms with Gasteiger partial charge in [0.1, 0.15) is 6.04 Å². The molecule has 1 atom stereocenters. The minimum atomic E-state index is -0.801. The lowest BCUT2D eigenvalue weighted by Crippen LogP contribution is -2.43. The molecular weight excluding hydrogens is 467 g/mol. The van der Waals surface area contributed by atoms with Gasteiger partial charge in [-0.3, -0.25) is 9.59 Å². The SMILES string of the molecule is CCC(=O)N(Cc1ccc(Cl)cc1)C(C(=O)NCc1ccc(Cl)cc1Cl)c1ccccc1. The molecule has 0 aliphatic heterocycles. The van der Waals surface area contributed by atoms with Crippen LogP contribution in [0.1, 0.15) is 36.1 Å². The molecule has 0 saturated heterocycles. The number of carbonyl (C=O) groups is 2. The fourth-order valence-electron chi connectivity index (χ4n) is 3.37. The molecule has 0 bridgehead atoms. The third kappa shape index (κ3) is 6.26. The first-order valence-corrected chi connectivity index (χ1v) is 11.3. The smallest absolute Gasteiger partial charge is 0.247 e. The number of hydrogen-bond donors (Lipinski definition) is 1. The fraction of sp³-hybridized carbons (Fsp3) is 0.200. The lowest BCUT2D eigenvalue weighted by atomic mass is 10.0. The molecule has 4 nitrogen and oxygen atoms in total. The number of halogens is 3. The molecule has 3 rings (SSSR count). The van der Waals surface area contributed by atoms with Gasteiger partial charge in [0.05, 0.1) is 0 Å². The largest absolute Gasteiger partial charge is 0.350 e. The molecule has 0 aromatic heterocycles. The van der Waals surface area contributed by atoms with E-state index in [4.69, 9.17) is 34.8 Å². The van der Waals surface area contributed by atoms with Gasteiger partial charge in [-0.05, 0) is 41.0 Å². The van der Waals surface area contributed by atoms with E-state index in [0.717, 1.165) is 16.7 Å². The van der Waals surface area contributed by atoms with Gasteiger partial charge >= 0.3 is 0 Å². The number of benzene rings is 3. The highest BCUT2D eigenvalue weighted by atomic mass is 35.5. The molecule has 166 valence electrons. The molecule has 0 saturated carbocycles. The van der Waals surface area contributed by atoms with E-state index in [-0.39, 0.29) is 31.3 Å². The quantitative estimate of drug-likeness (QED) is 0.396. The zero-order valence-corrected chi connectivity index (χ0v) is 19.8. The van der Waals surface area contributed by atoms with Gasteiger partial charge in [0.25, 0.3) is 0 Å². The van der Waals surface area contributed by atoms with E-state index < -0.39 is 6.04 Å². The minimum absolute atomic E-state index is 0.131. The van der Waals surface area contributed by atoms with Gasteiger partial charge in [-0.1, -0.05) is 90.3 Å². The van der Waals surface area contributed by atoms with Gasteiger partial charge in [-0.2, -0.15) is 0 Å². The lowest BCUT2D eigenvalue weighted by Gasteiger charge is -2.31. The Balaban J connectivity index is 1.90. The summed E-state index contributed by atoms with van der Waals surface area (Å²) in [6, 6.07) is 20.8. The monoisotopic (exact) mass is 488 g/mol. The average Bonchev–Trinajstić information content (AvgIpc) is 2.79.